The summed E-state index contributed by atoms with van der Waals surface area (Å²) in [6.45, 7) is 0.218. The maximum Gasteiger partial charge on any atom is 0.261 e. The summed E-state index contributed by atoms with van der Waals surface area (Å²) in [6, 6.07) is 25.0. The molecule has 1 aliphatic rings. The first-order valence-electron chi connectivity index (χ1n) is 11.4. The molecule has 5 aromatic rings. The van der Waals surface area contributed by atoms with Gasteiger partial charge in [0.25, 0.3) is 11.8 Å². The lowest BCUT2D eigenvalue weighted by Crippen LogP contribution is -2.34. The Morgan fingerprint density at radius 2 is 1.57 bits per heavy atom. The molecule has 2 aromatic heterocycles. The Hall–Kier alpha value is -4.65. The van der Waals surface area contributed by atoms with Gasteiger partial charge in [-0.05, 0) is 41.6 Å². The number of H-pyrrole nitrogens is 1. The third kappa shape index (κ3) is 3.77. The van der Waals surface area contributed by atoms with Crippen LogP contribution in [-0.2, 0) is 6.42 Å². The third-order valence-electron chi connectivity index (χ3n) is 6.50. The van der Waals surface area contributed by atoms with Gasteiger partial charge in [0, 0.05) is 35.8 Å². The summed E-state index contributed by atoms with van der Waals surface area (Å²) >= 11 is 0. The van der Waals surface area contributed by atoms with E-state index in [4.69, 9.17) is 0 Å². The molecule has 2 amide bonds. The van der Waals surface area contributed by atoms with E-state index >= 15 is 0 Å². The lowest BCUT2D eigenvalue weighted by molar-refractivity contribution is 0.0643. The summed E-state index contributed by atoms with van der Waals surface area (Å²) in [5.41, 5.74) is 4.40. The van der Waals surface area contributed by atoms with Crippen molar-refractivity contribution in [2.75, 3.05) is 6.54 Å². The molecule has 6 rings (SSSR count). The predicted molar refractivity (Wildman–Crippen MR) is 132 cm³/mol. The van der Waals surface area contributed by atoms with Crippen molar-refractivity contribution < 1.29 is 9.59 Å². The minimum absolute atomic E-state index is 0.218. The molecule has 0 spiro atoms. The van der Waals surface area contributed by atoms with Crippen LogP contribution in [-0.4, -0.2) is 43.7 Å². The Bertz CT molecular complexity index is 1530. The van der Waals surface area contributed by atoms with Crippen molar-refractivity contribution >= 4 is 22.6 Å². The van der Waals surface area contributed by atoms with Crippen molar-refractivity contribution in [3.05, 3.63) is 114 Å². The summed E-state index contributed by atoms with van der Waals surface area (Å²) in [6.07, 6.45) is 4.20. The van der Waals surface area contributed by atoms with Gasteiger partial charge >= 0.3 is 0 Å². The van der Waals surface area contributed by atoms with Gasteiger partial charge in [-0.2, -0.15) is 0 Å². The van der Waals surface area contributed by atoms with Crippen LogP contribution in [0.4, 0.5) is 0 Å². The van der Waals surface area contributed by atoms with Gasteiger partial charge in [0.2, 0.25) is 0 Å². The van der Waals surface area contributed by atoms with Crippen LogP contribution in [0, 0.1) is 0 Å². The van der Waals surface area contributed by atoms with Crippen LogP contribution >= 0.6 is 0 Å². The van der Waals surface area contributed by atoms with Crippen molar-refractivity contribution in [1.82, 2.24) is 25.3 Å². The Labute approximate surface area is 201 Å². The largest absolute Gasteiger partial charge is 0.274 e. The Balaban J connectivity index is 1.39. The molecule has 1 N–H and O–H groups in total. The normalized spacial score (nSPS) is 13.9. The summed E-state index contributed by atoms with van der Waals surface area (Å²) in [5, 5.41) is 13.7. The fourth-order valence-corrected chi connectivity index (χ4v) is 4.75. The summed E-state index contributed by atoms with van der Waals surface area (Å²) in [4.78, 5) is 31.8. The highest BCUT2D eigenvalue weighted by Gasteiger charge is 2.37. The molecule has 3 heterocycles. The highest BCUT2D eigenvalue weighted by Crippen LogP contribution is 2.33. The molecule has 1 unspecified atom stereocenters. The van der Waals surface area contributed by atoms with E-state index in [9.17, 15) is 9.59 Å². The van der Waals surface area contributed by atoms with Crippen molar-refractivity contribution in [3.8, 4) is 11.3 Å². The number of carbonyl (C=O) groups is 2. The van der Waals surface area contributed by atoms with Crippen LogP contribution in [0.5, 0.6) is 0 Å². The Morgan fingerprint density at radius 1 is 0.829 bits per heavy atom. The lowest BCUT2D eigenvalue weighted by atomic mass is 9.92. The monoisotopic (exact) mass is 459 g/mol. The number of fused-ring (bicyclic) bond motifs is 2. The van der Waals surface area contributed by atoms with E-state index < -0.39 is 0 Å². The molecule has 7 nitrogen and oxygen atoms in total. The molecule has 3 aromatic carbocycles. The third-order valence-corrected chi connectivity index (χ3v) is 6.50. The van der Waals surface area contributed by atoms with E-state index in [2.05, 4.69) is 26.5 Å². The van der Waals surface area contributed by atoms with E-state index in [1.807, 2.05) is 54.7 Å². The maximum atomic E-state index is 13.1. The van der Waals surface area contributed by atoms with Crippen molar-refractivity contribution in [2.24, 2.45) is 0 Å². The van der Waals surface area contributed by atoms with Crippen molar-refractivity contribution in [2.45, 2.75) is 12.3 Å². The SMILES string of the molecule is O=C1c2ccccc2C(=O)N1CC(Cc1ccccc1)c1[nH]nnc1-c1ccc2cnccc2c1. The fraction of sp³-hybridized carbons (Fsp3) is 0.107. The second kappa shape index (κ2) is 8.61. The second-order valence-corrected chi connectivity index (χ2v) is 8.66. The maximum absolute atomic E-state index is 13.1. The van der Waals surface area contributed by atoms with E-state index in [1.165, 1.54) is 4.90 Å². The molecule has 0 radical (unpaired) electrons. The number of imide groups is 1. The number of carbonyl (C=O) groups excluding carboxylic acids is 2. The average Bonchev–Trinajstić information content (AvgIpc) is 3.48. The standard InChI is InChI=1S/C28H21N5O2/c34-27-23-8-4-5-9-24(23)28(35)33(27)17-22(14-18-6-2-1-3-7-18)26-25(30-32-31-26)20-10-11-21-16-29-13-12-19(21)15-20/h1-13,15-16,22H,14,17H2,(H,30,31,32). The summed E-state index contributed by atoms with van der Waals surface area (Å²) in [7, 11) is 0. The van der Waals surface area contributed by atoms with Gasteiger partial charge < -0.3 is 0 Å². The molecule has 35 heavy (non-hydrogen) atoms. The molecular formula is C28H21N5O2. The van der Waals surface area contributed by atoms with E-state index in [-0.39, 0.29) is 24.3 Å². The lowest BCUT2D eigenvalue weighted by Gasteiger charge is -2.22. The molecule has 170 valence electrons. The first-order valence-corrected chi connectivity index (χ1v) is 11.4. The summed E-state index contributed by atoms with van der Waals surface area (Å²) < 4.78 is 0. The average molecular weight is 460 g/mol. The minimum atomic E-state index is -0.268. The minimum Gasteiger partial charge on any atom is -0.274 e. The molecule has 0 aliphatic carbocycles. The predicted octanol–water partition coefficient (Wildman–Crippen LogP) is 4.64. The molecule has 1 atom stereocenters. The Morgan fingerprint density at radius 3 is 2.34 bits per heavy atom. The zero-order chi connectivity index (χ0) is 23.8. The molecule has 0 saturated carbocycles. The first kappa shape index (κ1) is 20.9. The molecule has 1 aliphatic heterocycles. The van der Waals surface area contributed by atoms with Gasteiger partial charge in [0.1, 0.15) is 5.69 Å². The summed E-state index contributed by atoms with van der Waals surface area (Å²) in [5.74, 6) is -0.760. The number of benzene rings is 3. The van der Waals surface area contributed by atoms with Crippen LogP contribution in [0.3, 0.4) is 0 Å². The molecule has 7 heteroatoms. The van der Waals surface area contributed by atoms with Crippen LogP contribution in [0.1, 0.15) is 37.9 Å². The van der Waals surface area contributed by atoms with Gasteiger partial charge in [0.15, 0.2) is 0 Å². The number of rotatable bonds is 6. The van der Waals surface area contributed by atoms with Gasteiger partial charge in [-0.1, -0.05) is 59.8 Å². The topological polar surface area (TPSA) is 91.8 Å². The Kier molecular flexibility index (Phi) is 5.15. The van der Waals surface area contributed by atoms with Gasteiger partial charge in [0.05, 0.1) is 16.8 Å². The fourth-order valence-electron chi connectivity index (χ4n) is 4.75. The van der Waals surface area contributed by atoms with Gasteiger partial charge in [-0.25, -0.2) is 0 Å². The first-order chi connectivity index (χ1) is 17.2. The van der Waals surface area contributed by atoms with Crippen LogP contribution in [0.2, 0.25) is 0 Å². The van der Waals surface area contributed by atoms with Gasteiger partial charge in [-0.3, -0.25) is 24.6 Å². The van der Waals surface area contributed by atoms with Crippen LogP contribution in [0.25, 0.3) is 22.0 Å². The zero-order valence-corrected chi connectivity index (χ0v) is 18.8. The smallest absolute Gasteiger partial charge is 0.261 e. The van der Waals surface area contributed by atoms with Gasteiger partial charge in [-0.15, -0.1) is 5.10 Å². The van der Waals surface area contributed by atoms with Crippen LogP contribution in [0.15, 0.2) is 91.3 Å². The molecule has 0 saturated heterocycles. The number of aromatic amines is 1. The zero-order valence-electron chi connectivity index (χ0n) is 18.8. The van der Waals surface area contributed by atoms with E-state index in [0.717, 1.165) is 27.6 Å². The highest BCUT2D eigenvalue weighted by atomic mass is 16.2. The van der Waals surface area contributed by atoms with Crippen molar-refractivity contribution in [3.63, 3.8) is 0 Å². The number of nitrogens with one attached hydrogen (secondary N) is 1. The number of nitrogens with zero attached hydrogens (tertiary/aromatic N) is 4. The second-order valence-electron chi connectivity index (χ2n) is 8.66. The van der Waals surface area contributed by atoms with Crippen molar-refractivity contribution in [1.29, 1.82) is 0 Å². The number of aromatic nitrogens is 4. The van der Waals surface area contributed by atoms with E-state index in [1.54, 1.807) is 30.5 Å². The highest BCUT2D eigenvalue weighted by molar-refractivity contribution is 6.21. The van der Waals surface area contributed by atoms with E-state index in [0.29, 0.717) is 23.2 Å². The van der Waals surface area contributed by atoms with Crippen LogP contribution < -0.4 is 0 Å². The number of pyridine rings is 1. The molecule has 0 bridgehead atoms. The molecular weight excluding hydrogens is 438 g/mol. The number of amides is 2. The number of hydrogen-bond donors (Lipinski definition) is 1. The number of hydrogen-bond acceptors (Lipinski definition) is 5. The molecule has 0 fully saturated rings. The quantitative estimate of drug-likeness (QED) is 0.374.